The Balaban J connectivity index is 2.03. The summed E-state index contributed by atoms with van der Waals surface area (Å²) in [5.74, 6) is 0.0478. The molecule has 106 valence electrons. The molecule has 2 atom stereocenters. The molecule has 1 saturated heterocycles. The largest absolute Gasteiger partial charge is 0.309 e. The van der Waals surface area contributed by atoms with Gasteiger partial charge in [-0.3, -0.25) is 0 Å². The van der Waals surface area contributed by atoms with E-state index in [-0.39, 0.29) is 22.9 Å². The van der Waals surface area contributed by atoms with Crippen LogP contribution in [0.5, 0.6) is 0 Å². The van der Waals surface area contributed by atoms with Gasteiger partial charge < -0.3 is 5.32 Å². The second-order valence-corrected chi connectivity index (χ2v) is 7.42. The molecule has 1 N–H and O–H groups in total. The topological polar surface area (TPSA) is 46.2 Å². The molecule has 2 rings (SSSR count). The molecule has 5 heteroatoms. The van der Waals surface area contributed by atoms with Crippen LogP contribution < -0.4 is 5.32 Å². The highest BCUT2D eigenvalue weighted by molar-refractivity contribution is 7.92. The minimum Gasteiger partial charge on any atom is -0.309 e. The summed E-state index contributed by atoms with van der Waals surface area (Å²) in [7, 11) is -2.94. The summed E-state index contributed by atoms with van der Waals surface area (Å²) in [6.45, 7) is 2.38. The van der Waals surface area contributed by atoms with Gasteiger partial charge in [0, 0.05) is 18.2 Å². The molecule has 3 nitrogen and oxygen atoms in total. The van der Waals surface area contributed by atoms with Crippen LogP contribution in [0.1, 0.15) is 37.8 Å². The summed E-state index contributed by atoms with van der Waals surface area (Å²) >= 11 is 0. The number of benzene rings is 1. The normalized spacial score (nSPS) is 23.4. The molecule has 1 aromatic carbocycles. The van der Waals surface area contributed by atoms with Crippen molar-refractivity contribution >= 4 is 9.84 Å². The Kier molecular flexibility index (Phi) is 4.58. The highest BCUT2D eigenvalue weighted by Crippen LogP contribution is 2.23. The average molecular weight is 285 g/mol. The molecule has 0 unspecified atom stereocenters. The lowest BCUT2D eigenvalue weighted by atomic mass is 10.0. The van der Waals surface area contributed by atoms with Crippen LogP contribution in [0, 0.1) is 5.82 Å². The quantitative estimate of drug-likeness (QED) is 0.904. The molecule has 0 spiro atoms. The van der Waals surface area contributed by atoms with Crippen molar-refractivity contribution < 1.29 is 12.8 Å². The molecule has 1 heterocycles. The molecule has 19 heavy (non-hydrogen) atoms. The van der Waals surface area contributed by atoms with E-state index in [0.29, 0.717) is 18.5 Å². The van der Waals surface area contributed by atoms with Gasteiger partial charge >= 0.3 is 0 Å². The Morgan fingerprint density at radius 1 is 1.42 bits per heavy atom. The van der Waals surface area contributed by atoms with Crippen molar-refractivity contribution in [2.45, 2.75) is 37.5 Å². The Morgan fingerprint density at radius 2 is 2.16 bits per heavy atom. The van der Waals surface area contributed by atoms with Gasteiger partial charge in [0.1, 0.15) is 5.82 Å². The summed E-state index contributed by atoms with van der Waals surface area (Å²) in [5.41, 5.74) is 0.611. The monoisotopic (exact) mass is 285 g/mol. The lowest BCUT2D eigenvalue weighted by Crippen LogP contribution is -2.33. The summed E-state index contributed by atoms with van der Waals surface area (Å²) < 4.78 is 37.2. The summed E-state index contributed by atoms with van der Waals surface area (Å²) in [5, 5.41) is 2.89. The van der Waals surface area contributed by atoms with Crippen molar-refractivity contribution in [3.63, 3.8) is 0 Å². The molecule has 1 aliphatic rings. The maximum absolute atomic E-state index is 13.7. The van der Waals surface area contributed by atoms with E-state index < -0.39 is 9.84 Å². The third-order valence-electron chi connectivity index (χ3n) is 3.74. The molecule has 0 bridgehead atoms. The zero-order valence-corrected chi connectivity index (χ0v) is 11.9. The first-order valence-corrected chi connectivity index (χ1v) is 8.45. The highest BCUT2D eigenvalue weighted by atomic mass is 32.2. The molecule has 0 amide bonds. The second-order valence-electron chi connectivity index (χ2n) is 5.02. The first-order chi connectivity index (χ1) is 9.04. The van der Waals surface area contributed by atoms with Gasteiger partial charge in [0.25, 0.3) is 0 Å². The predicted molar refractivity (Wildman–Crippen MR) is 74.2 cm³/mol. The molecule has 1 aromatic rings. The molecule has 0 saturated carbocycles. The van der Waals surface area contributed by atoms with E-state index in [4.69, 9.17) is 0 Å². The third-order valence-corrected chi connectivity index (χ3v) is 6.02. The molecule has 0 aliphatic carbocycles. The summed E-state index contributed by atoms with van der Waals surface area (Å²) in [6, 6.07) is 6.52. The number of hydrogen-bond acceptors (Lipinski definition) is 3. The van der Waals surface area contributed by atoms with E-state index in [0.717, 1.165) is 12.8 Å². The lowest BCUT2D eigenvalue weighted by Gasteiger charge is -2.20. The zero-order chi connectivity index (χ0) is 13.9. The molecule has 1 fully saturated rings. The van der Waals surface area contributed by atoms with Crippen LogP contribution in [0.25, 0.3) is 0 Å². The standard InChI is InChI=1S/C14H20FNO2S/c1-2-14(12-7-3-4-8-13(12)15)16-10-11-6-5-9-19(11,17)18/h3-4,7-8,11,14,16H,2,5-6,9-10H2,1H3/t11-,14-/m0/s1. The Morgan fingerprint density at radius 3 is 2.74 bits per heavy atom. The fourth-order valence-corrected chi connectivity index (χ4v) is 4.37. The van der Waals surface area contributed by atoms with E-state index in [1.807, 2.05) is 6.92 Å². The Labute approximate surface area is 114 Å². The van der Waals surface area contributed by atoms with Crippen LogP contribution in [-0.2, 0) is 9.84 Å². The number of halogens is 1. The van der Waals surface area contributed by atoms with Crippen LogP contribution in [-0.4, -0.2) is 26.0 Å². The van der Waals surface area contributed by atoms with Gasteiger partial charge in [0.15, 0.2) is 9.84 Å². The van der Waals surface area contributed by atoms with Gasteiger partial charge in [-0.15, -0.1) is 0 Å². The predicted octanol–water partition coefficient (Wildman–Crippen LogP) is 2.44. The summed E-state index contributed by atoms with van der Waals surface area (Å²) in [4.78, 5) is 0. The molecular formula is C14H20FNO2S. The minimum atomic E-state index is -2.94. The maximum Gasteiger partial charge on any atom is 0.154 e. The SMILES string of the molecule is CC[C@H](NC[C@@H]1CCCS1(=O)=O)c1ccccc1F. The molecule has 0 radical (unpaired) electrons. The molecular weight excluding hydrogens is 265 g/mol. The lowest BCUT2D eigenvalue weighted by molar-refractivity contribution is 0.479. The van der Waals surface area contributed by atoms with Crippen molar-refractivity contribution in [2.24, 2.45) is 0 Å². The van der Waals surface area contributed by atoms with Crippen molar-refractivity contribution in [3.8, 4) is 0 Å². The van der Waals surface area contributed by atoms with Crippen molar-refractivity contribution in [1.29, 1.82) is 0 Å². The van der Waals surface area contributed by atoms with Crippen LogP contribution in [0.15, 0.2) is 24.3 Å². The van der Waals surface area contributed by atoms with Crippen molar-refractivity contribution in [1.82, 2.24) is 5.32 Å². The third kappa shape index (κ3) is 3.34. The van der Waals surface area contributed by atoms with Gasteiger partial charge in [-0.05, 0) is 25.3 Å². The Bertz CT molecular complexity index is 530. The Hall–Kier alpha value is -0.940. The number of nitrogens with one attached hydrogen (secondary N) is 1. The van der Waals surface area contributed by atoms with Gasteiger partial charge in [-0.25, -0.2) is 12.8 Å². The van der Waals surface area contributed by atoms with E-state index in [2.05, 4.69) is 5.32 Å². The number of hydrogen-bond donors (Lipinski definition) is 1. The van der Waals surface area contributed by atoms with E-state index in [9.17, 15) is 12.8 Å². The number of sulfone groups is 1. The van der Waals surface area contributed by atoms with E-state index >= 15 is 0 Å². The van der Waals surface area contributed by atoms with Gasteiger partial charge in [0.05, 0.1) is 11.0 Å². The van der Waals surface area contributed by atoms with Crippen LogP contribution in [0.3, 0.4) is 0 Å². The average Bonchev–Trinajstić information content (AvgIpc) is 2.71. The van der Waals surface area contributed by atoms with Crippen LogP contribution in [0.2, 0.25) is 0 Å². The van der Waals surface area contributed by atoms with E-state index in [1.165, 1.54) is 6.07 Å². The van der Waals surface area contributed by atoms with Gasteiger partial charge in [0.2, 0.25) is 0 Å². The summed E-state index contributed by atoms with van der Waals surface area (Å²) in [6.07, 6.45) is 2.18. The first-order valence-electron chi connectivity index (χ1n) is 6.74. The van der Waals surface area contributed by atoms with Crippen LogP contribution in [0.4, 0.5) is 4.39 Å². The maximum atomic E-state index is 13.7. The van der Waals surface area contributed by atoms with Crippen molar-refractivity contribution in [3.05, 3.63) is 35.6 Å². The highest BCUT2D eigenvalue weighted by Gasteiger charge is 2.31. The zero-order valence-electron chi connectivity index (χ0n) is 11.1. The number of rotatable bonds is 5. The minimum absolute atomic E-state index is 0.128. The molecule has 0 aromatic heterocycles. The smallest absolute Gasteiger partial charge is 0.154 e. The fourth-order valence-electron chi connectivity index (χ4n) is 2.59. The van der Waals surface area contributed by atoms with Gasteiger partial charge in [-0.2, -0.15) is 0 Å². The molecule has 1 aliphatic heterocycles. The van der Waals surface area contributed by atoms with Gasteiger partial charge in [-0.1, -0.05) is 25.1 Å². The van der Waals surface area contributed by atoms with E-state index in [1.54, 1.807) is 18.2 Å². The first kappa shape index (κ1) is 14.5. The second kappa shape index (κ2) is 6.01. The van der Waals surface area contributed by atoms with Crippen LogP contribution >= 0.6 is 0 Å². The fraction of sp³-hybridized carbons (Fsp3) is 0.571. The van der Waals surface area contributed by atoms with Crippen molar-refractivity contribution in [2.75, 3.05) is 12.3 Å².